The van der Waals surface area contributed by atoms with Crippen LogP contribution in [-0.4, -0.2) is 87.9 Å². The molecular formula is C17H36IN5O. The molecule has 6 nitrogen and oxygen atoms in total. The molecule has 1 saturated carbocycles. The Morgan fingerprint density at radius 2 is 1.92 bits per heavy atom. The summed E-state index contributed by atoms with van der Waals surface area (Å²) in [6, 6.07) is 1.07. The highest BCUT2D eigenvalue weighted by molar-refractivity contribution is 14.0. The number of ether oxygens (including phenoxy) is 1. The van der Waals surface area contributed by atoms with Crippen LogP contribution in [0.15, 0.2) is 4.99 Å². The first-order valence-electron chi connectivity index (χ1n) is 9.12. The number of aliphatic imine (C=N–C) groups is 1. The van der Waals surface area contributed by atoms with E-state index in [1.54, 1.807) is 0 Å². The third kappa shape index (κ3) is 7.41. The van der Waals surface area contributed by atoms with E-state index in [0.717, 1.165) is 57.8 Å². The number of morpholine rings is 1. The Morgan fingerprint density at radius 1 is 1.25 bits per heavy atom. The lowest BCUT2D eigenvalue weighted by Gasteiger charge is -2.31. The minimum absolute atomic E-state index is 0. The molecule has 7 heteroatoms. The van der Waals surface area contributed by atoms with Crippen molar-refractivity contribution < 1.29 is 4.74 Å². The van der Waals surface area contributed by atoms with Crippen molar-refractivity contribution in [1.82, 2.24) is 20.4 Å². The van der Waals surface area contributed by atoms with E-state index < -0.39 is 0 Å². The van der Waals surface area contributed by atoms with Crippen molar-refractivity contribution in [3.63, 3.8) is 0 Å². The number of hydrogen-bond donors (Lipinski definition) is 2. The second-order valence-electron chi connectivity index (χ2n) is 6.97. The van der Waals surface area contributed by atoms with Crippen molar-refractivity contribution in [2.75, 3.05) is 60.0 Å². The third-order valence-corrected chi connectivity index (χ3v) is 4.83. The van der Waals surface area contributed by atoms with Gasteiger partial charge in [-0.05, 0) is 46.7 Å². The predicted molar refractivity (Wildman–Crippen MR) is 111 cm³/mol. The number of nitrogens with zero attached hydrogens (tertiary/aromatic N) is 3. The van der Waals surface area contributed by atoms with Gasteiger partial charge in [-0.1, -0.05) is 0 Å². The van der Waals surface area contributed by atoms with Crippen LogP contribution in [0.2, 0.25) is 0 Å². The zero-order valence-corrected chi connectivity index (χ0v) is 18.1. The molecule has 2 fully saturated rings. The van der Waals surface area contributed by atoms with E-state index >= 15 is 0 Å². The number of halogens is 1. The molecule has 1 heterocycles. The van der Waals surface area contributed by atoms with Crippen molar-refractivity contribution in [3.8, 4) is 0 Å². The summed E-state index contributed by atoms with van der Waals surface area (Å²) in [4.78, 5) is 9.59. The lowest BCUT2D eigenvalue weighted by atomic mass is 10.1. The van der Waals surface area contributed by atoms with Crippen LogP contribution in [0.25, 0.3) is 0 Å². The minimum atomic E-state index is 0. The highest BCUT2D eigenvalue weighted by Gasteiger charge is 2.32. The lowest BCUT2D eigenvalue weighted by Crippen LogP contribution is -2.47. The topological polar surface area (TPSA) is 52.1 Å². The third-order valence-electron chi connectivity index (χ3n) is 4.83. The summed E-state index contributed by atoms with van der Waals surface area (Å²) in [5.74, 6) is 1.80. The summed E-state index contributed by atoms with van der Waals surface area (Å²) in [6.07, 6.45) is 2.73. The fraction of sp³-hybridized carbons (Fsp3) is 0.941. The molecule has 1 aliphatic heterocycles. The molecule has 0 aromatic rings. The Balaban J connectivity index is 0.00000288. The fourth-order valence-corrected chi connectivity index (χ4v) is 3.15. The summed E-state index contributed by atoms with van der Waals surface area (Å²) in [7, 11) is 4.35. The Kier molecular flexibility index (Phi) is 10.5. The maximum Gasteiger partial charge on any atom is 0.191 e. The van der Waals surface area contributed by atoms with Gasteiger partial charge in [0, 0.05) is 38.3 Å². The van der Waals surface area contributed by atoms with Gasteiger partial charge >= 0.3 is 0 Å². The van der Waals surface area contributed by atoms with E-state index in [2.05, 4.69) is 48.4 Å². The number of likely N-dealkylation sites (N-methyl/N-ethyl adjacent to an activating group) is 1. The zero-order chi connectivity index (χ0) is 16.7. The number of rotatable bonds is 8. The first-order valence-corrected chi connectivity index (χ1v) is 9.12. The highest BCUT2D eigenvalue weighted by Crippen LogP contribution is 2.34. The van der Waals surface area contributed by atoms with Crippen LogP contribution in [-0.2, 0) is 4.74 Å². The second kappa shape index (κ2) is 11.5. The van der Waals surface area contributed by atoms with Crippen molar-refractivity contribution >= 4 is 29.9 Å². The van der Waals surface area contributed by atoms with E-state index in [-0.39, 0.29) is 24.0 Å². The summed E-state index contributed by atoms with van der Waals surface area (Å²) < 4.78 is 5.42. The van der Waals surface area contributed by atoms with Gasteiger partial charge in [-0.2, -0.15) is 0 Å². The lowest BCUT2D eigenvalue weighted by molar-refractivity contribution is 0.0220. The van der Waals surface area contributed by atoms with E-state index in [0.29, 0.717) is 12.1 Å². The fourth-order valence-electron chi connectivity index (χ4n) is 3.15. The molecule has 142 valence electrons. The van der Waals surface area contributed by atoms with Crippen LogP contribution >= 0.6 is 24.0 Å². The molecule has 0 bridgehead atoms. The summed E-state index contributed by atoms with van der Waals surface area (Å²) in [6.45, 7) is 10.8. The van der Waals surface area contributed by atoms with Crippen LogP contribution in [0.3, 0.4) is 0 Å². The predicted octanol–water partition coefficient (Wildman–Crippen LogP) is 1.22. The number of nitrogens with one attached hydrogen (secondary N) is 2. The average molecular weight is 453 g/mol. The van der Waals surface area contributed by atoms with Gasteiger partial charge in [-0.15, -0.1) is 24.0 Å². The van der Waals surface area contributed by atoms with Crippen LogP contribution in [0.5, 0.6) is 0 Å². The van der Waals surface area contributed by atoms with Gasteiger partial charge in [0.15, 0.2) is 5.96 Å². The van der Waals surface area contributed by atoms with Crippen LogP contribution < -0.4 is 10.6 Å². The van der Waals surface area contributed by atoms with Crippen molar-refractivity contribution in [2.24, 2.45) is 10.9 Å². The van der Waals surface area contributed by atoms with Gasteiger partial charge in [-0.3, -0.25) is 9.89 Å². The SMILES string of the molecule is CCNC(=NCC(C)N1CCOCC1)NCC(C1CC1)N(C)C.I. The molecule has 2 unspecified atom stereocenters. The van der Waals surface area contributed by atoms with Gasteiger partial charge in [0.1, 0.15) is 0 Å². The molecule has 2 aliphatic rings. The van der Waals surface area contributed by atoms with E-state index in [1.807, 2.05) is 0 Å². The zero-order valence-electron chi connectivity index (χ0n) is 15.8. The summed E-state index contributed by atoms with van der Waals surface area (Å²) in [5.41, 5.74) is 0. The Hall–Kier alpha value is -0.120. The first-order chi connectivity index (χ1) is 11.1. The standard InChI is InChI=1S/C17H35N5O.HI/c1-5-18-17(20-13-16(21(3)4)15-6-7-15)19-12-14(2)22-8-10-23-11-9-22;/h14-16H,5-13H2,1-4H3,(H2,18,19,20);1H. The molecule has 2 N–H and O–H groups in total. The first kappa shape index (κ1) is 21.9. The smallest absolute Gasteiger partial charge is 0.191 e. The molecule has 24 heavy (non-hydrogen) atoms. The van der Waals surface area contributed by atoms with Crippen molar-refractivity contribution in [2.45, 2.75) is 38.8 Å². The number of hydrogen-bond acceptors (Lipinski definition) is 4. The largest absolute Gasteiger partial charge is 0.379 e. The Morgan fingerprint density at radius 3 is 2.46 bits per heavy atom. The van der Waals surface area contributed by atoms with Gasteiger partial charge in [0.25, 0.3) is 0 Å². The second-order valence-corrected chi connectivity index (χ2v) is 6.97. The maximum atomic E-state index is 5.42. The Labute approximate surface area is 164 Å². The molecule has 2 atom stereocenters. The minimum Gasteiger partial charge on any atom is -0.379 e. The monoisotopic (exact) mass is 453 g/mol. The molecular weight excluding hydrogens is 417 g/mol. The number of guanidine groups is 1. The molecule has 0 spiro atoms. The molecule has 1 aliphatic carbocycles. The van der Waals surface area contributed by atoms with Crippen molar-refractivity contribution in [3.05, 3.63) is 0 Å². The van der Waals surface area contributed by atoms with Crippen LogP contribution in [0, 0.1) is 5.92 Å². The molecule has 0 aromatic carbocycles. The Bertz CT molecular complexity index is 368. The van der Waals surface area contributed by atoms with E-state index in [1.165, 1.54) is 12.8 Å². The highest BCUT2D eigenvalue weighted by atomic mass is 127. The molecule has 0 aromatic heterocycles. The van der Waals surface area contributed by atoms with Gasteiger partial charge in [0.05, 0.1) is 19.8 Å². The van der Waals surface area contributed by atoms with Gasteiger partial charge in [-0.25, -0.2) is 0 Å². The molecule has 1 saturated heterocycles. The summed E-state index contributed by atoms with van der Waals surface area (Å²) in [5, 5.41) is 6.91. The van der Waals surface area contributed by atoms with E-state index in [4.69, 9.17) is 9.73 Å². The molecule has 0 radical (unpaired) electrons. The van der Waals surface area contributed by atoms with E-state index in [9.17, 15) is 0 Å². The average Bonchev–Trinajstić information content (AvgIpc) is 3.37. The van der Waals surface area contributed by atoms with Gasteiger partial charge in [0.2, 0.25) is 0 Å². The van der Waals surface area contributed by atoms with Crippen LogP contribution in [0.1, 0.15) is 26.7 Å². The van der Waals surface area contributed by atoms with Gasteiger partial charge < -0.3 is 20.3 Å². The normalized spacial score (nSPS) is 22.0. The molecule has 0 amide bonds. The quantitative estimate of drug-likeness (QED) is 0.329. The molecule has 2 rings (SSSR count). The van der Waals surface area contributed by atoms with Crippen molar-refractivity contribution in [1.29, 1.82) is 0 Å². The summed E-state index contributed by atoms with van der Waals surface area (Å²) >= 11 is 0. The van der Waals surface area contributed by atoms with Crippen LogP contribution in [0.4, 0.5) is 0 Å². The maximum absolute atomic E-state index is 5.42.